The van der Waals surface area contributed by atoms with Crippen molar-refractivity contribution in [1.29, 1.82) is 0 Å². The van der Waals surface area contributed by atoms with Gasteiger partial charge in [-0.2, -0.15) is 0 Å². The third kappa shape index (κ3) is 2.84. The van der Waals surface area contributed by atoms with Crippen LogP contribution in [0.3, 0.4) is 0 Å². The summed E-state index contributed by atoms with van der Waals surface area (Å²) in [6.45, 7) is 3.36. The van der Waals surface area contributed by atoms with E-state index >= 15 is 0 Å². The summed E-state index contributed by atoms with van der Waals surface area (Å²) in [6.07, 6.45) is 1.50. The van der Waals surface area contributed by atoms with Crippen LogP contribution in [-0.2, 0) is 0 Å². The van der Waals surface area contributed by atoms with Crippen LogP contribution in [0.25, 0.3) is 0 Å². The Morgan fingerprint density at radius 2 is 2.33 bits per heavy atom. The summed E-state index contributed by atoms with van der Waals surface area (Å²) in [5, 5.41) is 2.98. The van der Waals surface area contributed by atoms with E-state index in [-0.39, 0.29) is 0 Å². The summed E-state index contributed by atoms with van der Waals surface area (Å²) in [5.74, 6) is 0.637. The second-order valence-corrected chi connectivity index (χ2v) is 2.45. The van der Waals surface area contributed by atoms with Gasteiger partial charge in [0, 0.05) is 18.3 Å². The molecule has 66 valence electrons. The molecule has 0 amide bonds. The summed E-state index contributed by atoms with van der Waals surface area (Å²) in [7, 11) is 1.88. The molecule has 0 unspecified atom stereocenters. The molecule has 0 fully saturated rings. The Hall–Kier alpha value is -1.16. The smallest absolute Gasteiger partial charge is 0.216 e. The van der Waals surface area contributed by atoms with Crippen molar-refractivity contribution in [1.82, 2.24) is 15.3 Å². The minimum atomic E-state index is 0.632. The van der Waals surface area contributed by atoms with Crippen LogP contribution in [0.5, 0.6) is 5.88 Å². The van der Waals surface area contributed by atoms with Crippen molar-refractivity contribution in [3.8, 4) is 5.88 Å². The lowest BCUT2D eigenvalue weighted by molar-refractivity contribution is 0.305. The first kappa shape index (κ1) is 8.93. The maximum Gasteiger partial charge on any atom is 0.216 e. The summed E-state index contributed by atoms with van der Waals surface area (Å²) in [5.41, 5.74) is 0.921. The Morgan fingerprint density at radius 1 is 1.50 bits per heavy atom. The highest BCUT2D eigenvalue weighted by atomic mass is 16.5. The first-order chi connectivity index (χ1) is 5.83. The van der Waals surface area contributed by atoms with Crippen LogP contribution in [0.2, 0.25) is 0 Å². The molecule has 4 heteroatoms. The molecule has 12 heavy (non-hydrogen) atoms. The topological polar surface area (TPSA) is 47.0 Å². The first-order valence-electron chi connectivity index (χ1n) is 3.89. The van der Waals surface area contributed by atoms with Crippen molar-refractivity contribution in [2.45, 2.75) is 6.92 Å². The predicted molar refractivity (Wildman–Crippen MR) is 46.2 cm³/mol. The highest BCUT2D eigenvalue weighted by Crippen LogP contribution is 2.04. The Bertz CT molecular complexity index is 239. The molecule has 1 aromatic heterocycles. The second-order valence-electron chi connectivity index (χ2n) is 2.45. The van der Waals surface area contributed by atoms with Crippen LogP contribution in [-0.4, -0.2) is 30.2 Å². The van der Waals surface area contributed by atoms with Gasteiger partial charge in [0.1, 0.15) is 12.9 Å². The molecule has 1 rings (SSSR count). The van der Waals surface area contributed by atoms with Gasteiger partial charge in [-0.05, 0) is 14.0 Å². The highest BCUT2D eigenvalue weighted by molar-refractivity contribution is 5.11. The van der Waals surface area contributed by atoms with Crippen molar-refractivity contribution >= 4 is 0 Å². The lowest BCUT2D eigenvalue weighted by Crippen LogP contribution is -2.16. The predicted octanol–water partition coefficient (Wildman–Crippen LogP) is 0.383. The van der Waals surface area contributed by atoms with Gasteiger partial charge in [-0.15, -0.1) is 0 Å². The SMILES string of the molecule is CNCCOc1cc(C)ncn1. The molecule has 0 atom stereocenters. The zero-order valence-electron chi connectivity index (χ0n) is 7.37. The van der Waals surface area contributed by atoms with E-state index < -0.39 is 0 Å². The van der Waals surface area contributed by atoms with Crippen LogP contribution < -0.4 is 10.1 Å². The second kappa shape index (κ2) is 4.66. The average Bonchev–Trinajstić information content (AvgIpc) is 2.05. The molecular formula is C8H13N3O. The molecule has 0 saturated carbocycles. The fraction of sp³-hybridized carbons (Fsp3) is 0.500. The number of nitrogens with one attached hydrogen (secondary N) is 1. The molecule has 0 spiro atoms. The van der Waals surface area contributed by atoms with Gasteiger partial charge in [-0.1, -0.05) is 0 Å². The molecule has 1 heterocycles. The van der Waals surface area contributed by atoms with Crippen LogP contribution in [0, 0.1) is 6.92 Å². The van der Waals surface area contributed by atoms with Crippen LogP contribution in [0.4, 0.5) is 0 Å². The number of hydrogen-bond donors (Lipinski definition) is 1. The van der Waals surface area contributed by atoms with E-state index in [2.05, 4.69) is 15.3 Å². The summed E-state index contributed by atoms with van der Waals surface area (Å²) in [4.78, 5) is 7.91. The van der Waals surface area contributed by atoms with Crippen molar-refractivity contribution in [2.24, 2.45) is 0 Å². The zero-order valence-corrected chi connectivity index (χ0v) is 7.37. The third-order valence-electron chi connectivity index (χ3n) is 1.38. The number of ether oxygens (including phenoxy) is 1. The fourth-order valence-electron chi connectivity index (χ4n) is 0.767. The van der Waals surface area contributed by atoms with E-state index in [9.17, 15) is 0 Å². The number of likely N-dealkylation sites (N-methyl/N-ethyl adjacent to an activating group) is 1. The monoisotopic (exact) mass is 167 g/mol. The van der Waals surface area contributed by atoms with E-state index in [0.29, 0.717) is 12.5 Å². The number of aryl methyl sites for hydroxylation is 1. The average molecular weight is 167 g/mol. The minimum Gasteiger partial charge on any atom is -0.476 e. The summed E-state index contributed by atoms with van der Waals surface area (Å²) >= 11 is 0. The molecule has 0 bridgehead atoms. The molecule has 0 aromatic carbocycles. The van der Waals surface area contributed by atoms with Gasteiger partial charge in [0.05, 0.1) is 0 Å². The Labute approximate surface area is 72.0 Å². The fourth-order valence-corrected chi connectivity index (χ4v) is 0.767. The lowest BCUT2D eigenvalue weighted by atomic mass is 10.4. The van der Waals surface area contributed by atoms with Crippen LogP contribution >= 0.6 is 0 Å². The van der Waals surface area contributed by atoms with Gasteiger partial charge in [-0.3, -0.25) is 0 Å². The van der Waals surface area contributed by atoms with Gasteiger partial charge < -0.3 is 10.1 Å². The molecule has 0 radical (unpaired) electrons. The lowest BCUT2D eigenvalue weighted by Gasteiger charge is -2.03. The standard InChI is InChI=1S/C8H13N3O/c1-7-5-8(11-6-10-7)12-4-3-9-2/h5-6,9H,3-4H2,1-2H3. The van der Waals surface area contributed by atoms with Gasteiger partial charge in [0.25, 0.3) is 0 Å². The minimum absolute atomic E-state index is 0.632. The molecule has 4 nitrogen and oxygen atoms in total. The van der Waals surface area contributed by atoms with Gasteiger partial charge in [-0.25, -0.2) is 9.97 Å². The van der Waals surface area contributed by atoms with Crippen molar-refractivity contribution in [3.05, 3.63) is 18.1 Å². The van der Waals surface area contributed by atoms with Crippen molar-refractivity contribution < 1.29 is 4.74 Å². The molecule has 0 aliphatic rings. The number of aromatic nitrogens is 2. The molecule has 1 aromatic rings. The molecule has 0 aliphatic heterocycles. The maximum atomic E-state index is 5.31. The number of hydrogen-bond acceptors (Lipinski definition) is 4. The molecule has 1 N–H and O–H groups in total. The normalized spacial score (nSPS) is 9.83. The number of rotatable bonds is 4. The summed E-state index contributed by atoms with van der Waals surface area (Å²) < 4.78 is 5.31. The van der Waals surface area contributed by atoms with Gasteiger partial charge in [0.2, 0.25) is 5.88 Å². The molecule has 0 saturated heterocycles. The van der Waals surface area contributed by atoms with E-state index in [1.165, 1.54) is 6.33 Å². The number of nitrogens with zero attached hydrogens (tertiary/aromatic N) is 2. The van der Waals surface area contributed by atoms with Crippen LogP contribution in [0.1, 0.15) is 5.69 Å². The van der Waals surface area contributed by atoms with Crippen LogP contribution in [0.15, 0.2) is 12.4 Å². The Morgan fingerprint density at radius 3 is 3.00 bits per heavy atom. The van der Waals surface area contributed by atoms with Gasteiger partial charge >= 0.3 is 0 Å². The third-order valence-corrected chi connectivity index (χ3v) is 1.38. The quantitative estimate of drug-likeness (QED) is 0.659. The maximum absolute atomic E-state index is 5.31. The largest absolute Gasteiger partial charge is 0.476 e. The van der Waals surface area contributed by atoms with Crippen molar-refractivity contribution in [2.75, 3.05) is 20.2 Å². The Kier molecular flexibility index (Phi) is 3.47. The van der Waals surface area contributed by atoms with Gasteiger partial charge in [0.15, 0.2) is 0 Å². The van der Waals surface area contributed by atoms with Crippen molar-refractivity contribution in [3.63, 3.8) is 0 Å². The molecular weight excluding hydrogens is 154 g/mol. The highest BCUT2D eigenvalue weighted by Gasteiger charge is 1.94. The summed E-state index contributed by atoms with van der Waals surface area (Å²) in [6, 6.07) is 1.82. The molecule has 0 aliphatic carbocycles. The van der Waals surface area contributed by atoms with E-state index in [1.807, 2.05) is 20.0 Å². The zero-order chi connectivity index (χ0) is 8.81. The van der Waals surface area contributed by atoms with E-state index in [4.69, 9.17) is 4.74 Å². The Balaban J connectivity index is 2.41. The van der Waals surface area contributed by atoms with E-state index in [1.54, 1.807) is 0 Å². The first-order valence-corrected chi connectivity index (χ1v) is 3.89. The van der Waals surface area contributed by atoms with E-state index in [0.717, 1.165) is 12.2 Å².